The lowest BCUT2D eigenvalue weighted by Gasteiger charge is -2.34. The number of hydrogen-bond acceptors (Lipinski definition) is 3. The van der Waals surface area contributed by atoms with E-state index in [2.05, 4.69) is 53.0 Å². The van der Waals surface area contributed by atoms with Crippen molar-refractivity contribution in [2.75, 3.05) is 12.6 Å². The molecule has 0 spiro atoms. The summed E-state index contributed by atoms with van der Waals surface area (Å²) in [7, 11) is 1.59. The van der Waals surface area contributed by atoms with E-state index in [9.17, 15) is 5.21 Å². The molecule has 0 fully saturated rings. The molecule has 24 heavy (non-hydrogen) atoms. The maximum Gasteiger partial charge on any atom is 0.141 e. The van der Waals surface area contributed by atoms with E-state index in [-0.39, 0.29) is 5.41 Å². The number of hydrogen-bond donors (Lipinski definition) is 2. The molecule has 0 aliphatic heterocycles. The summed E-state index contributed by atoms with van der Waals surface area (Å²) in [6.45, 7) is 4.41. The van der Waals surface area contributed by atoms with Crippen molar-refractivity contribution < 1.29 is 4.74 Å². The van der Waals surface area contributed by atoms with Crippen LogP contribution in [0.4, 0.5) is 5.69 Å². The molecule has 2 aromatic carbocycles. The minimum Gasteiger partial charge on any atom is -0.761 e. The van der Waals surface area contributed by atoms with E-state index in [4.69, 9.17) is 4.74 Å². The average Bonchev–Trinajstić information content (AvgIpc) is 2.92. The largest absolute Gasteiger partial charge is 0.761 e. The van der Waals surface area contributed by atoms with Crippen LogP contribution in [0.3, 0.4) is 0 Å². The Balaban J connectivity index is 1.99. The Bertz CT molecular complexity index is 960. The normalized spacial score (nSPS) is 15.0. The summed E-state index contributed by atoms with van der Waals surface area (Å²) in [6, 6.07) is 10.2. The van der Waals surface area contributed by atoms with Gasteiger partial charge in [-0.1, -0.05) is 35.8 Å². The van der Waals surface area contributed by atoms with Crippen molar-refractivity contribution in [1.82, 2.24) is 4.98 Å². The molecule has 3 aromatic rings. The standard InChI is InChI=1S/C19H18BrN2O2/c1-19(2)14-9-17(24-3)16(22-23)7-10(14)6-13-12-5-4-11(20)8-15(12)21-18(13)19/h4-5,7-9,21-22H,6H2,1-3H3/q-1. The highest BCUT2D eigenvalue weighted by Crippen LogP contribution is 2.46. The van der Waals surface area contributed by atoms with Crippen molar-refractivity contribution in [2.24, 2.45) is 0 Å². The van der Waals surface area contributed by atoms with E-state index in [1.165, 1.54) is 22.2 Å². The zero-order chi connectivity index (χ0) is 17.1. The van der Waals surface area contributed by atoms with Crippen LogP contribution in [0.15, 0.2) is 34.8 Å². The number of rotatable bonds is 2. The first-order chi connectivity index (χ1) is 11.5. The number of anilines is 1. The van der Waals surface area contributed by atoms with Crippen molar-refractivity contribution in [3.05, 3.63) is 62.4 Å². The van der Waals surface area contributed by atoms with Crippen LogP contribution < -0.4 is 10.2 Å². The first kappa shape index (κ1) is 15.5. The highest BCUT2D eigenvalue weighted by Gasteiger charge is 2.35. The number of ether oxygens (including phenoxy) is 1. The van der Waals surface area contributed by atoms with Gasteiger partial charge >= 0.3 is 0 Å². The van der Waals surface area contributed by atoms with Crippen LogP contribution in [-0.4, -0.2) is 12.1 Å². The number of halogens is 1. The van der Waals surface area contributed by atoms with Crippen molar-refractivity contribution in [1.29, 1.82) is 0 Å². The third kappa shape index (κ3) is 2.08. The molecule has 0 radical (unpaired) electrons. The molecule has 0 atom stereocenters. The Labute approximate surface area is 148 Å². The third-order valence-corrected chi connectivity index (χ3v) is 5.56. The molecule has 1 aromatic heterocycles. The molecular weight excluding hydrogens is 368 g/mol. The lowest BCUT2D eigenvalue weighted by molar-refractivity contribution is 0.414. The van der Waals surface area contributed by atoms with Gasteiger partial charge in [0.15, 0.2) is 0 Å². The molecule has 4 rings (SSSR count). The maximum atomic E-state index is 11.3. The lowest BCUT2D eigenvalue weighted by atomic mass is 9.71. The Kier molecular flexibility index (Phi) is 3.41. The molecule has 2 N–H and O–H groups in total. The molecule has 0 saturated carbocycles. The number of methoxy groups -OCH3 is 1. The zero-order valence-corrected chi connectivity index (χ0v) is 15.4. The molecule has 0 saturated heterocycles. The second-order valence-corrected chi connectivity index (χ2v) is 7.70. The van der Waals surface area contributed by atoms with Gasteiger partial charge in [-0.05, 0) is 41.0 Å². The van der Waals surface area contributed by atoms with Gasteiger partial charge in [0.05, 0.1) is 12.8 Å². The minimum atomic E-state index is -0.191. The molecule has 1 heterocycles. The molecule has 0 bridgehead atoms. The predicted molar refractivity (Wildman–Crippen MR) is 101 cm³/mol. The topological polar surface area (TPSA) is 60.1 Å². The average molecular weight is 386 g/mol. The highest BCUT2D eigenvalue weighted by atomic mass is 79.9. The monoisotopic (exact) mass is 385 g/mol. The summed E-state index contributed by atoms with van der Waals surface area (Å²) in [6.07, 6.45) is 0.800. The van der Waals surface area contributed by atoms with Crippen LogP contribution in [0.1, 0.15) is 36.2 Å². The molecule has 124 valence electrons. The second kappa shape index (κ2) is 5.26. The Morgan fingerprint density at radius 1 is 1.25 bits per heavy atom. The van der Waals surface area contributed by atoms with Crippen molar-refractivity contribution in [2.45, 2.75) is 25.7 Å². The van der Waals surface area contributed by atoms with Crippen LogP contribution in [-0.2, 0) is 11.8 Å². The summed E-state index contributed by atoms with van der Waals surface area (Å²) in [5.74, 6) is 0.583. The first-order valence-electron chi connectivity index (χ1n) is 7.86. The summed E-state index contributed by atoms with van der Waals surface area (Å²) in [5.41, 5.74) is 8.31. The fourth-order valence-electron chi connectivity index (χ4n) is 3.87. The predicted octanol–water partition coefficient (Wildman–Crippen LogP) is 5.08. The van der Waals surface area contributed by atoms with Gasteiger partial charge in [-0.2, -0.15) is 0 Å². The van der Waals surface area contributed by atoms with Gasteiger partial charge < -0.3 is 20.4 Å². The van der Waals surface area contributed by atoms with Gasteiger partial charge in [0.1, 0.15) is 5.75 Å². The van der Waals surface area contributed by atoms with Gasteiger partial charge in [-0.25, -0.2) is 0 Å². The van der Waals surface area contributed by atoms with E-state index in [0.717, 1.165) is 22.0 Å². The highest BCUT2D eigenvalue weighted by molar-refractivity contribution is 9.10. The number of H-pyrrole nitrogens is 1. The number of nitrogens with one attached hydrogen (secondary N) is 2. The molecule has 0 amide bonds. The van der Waals surface area contributed by atoms with E-state index >= 15 is 0 Å². The van der Waals surface area contributed by atoms with E-state index in [1.54, 1.807) is 7.11 Å². The quantitative estimate of drug-likeness (QED) is 0.604. The Morgan fingerprint density at radius 3 is 2.75 bits per heavy atom. The number of aromatic amines is 1. The van der Waals surface area contributed by atoms with E-state index in [0.29, 0.717) is 11.4 Å². The maximum absolute atomic E-state index is 11.3. The number of fused-ring (bicyclic) bond motifs is 4. The number of benzene rings is 2. The molecular formula is C19H18BrN2O2-. The third-order valence-electron chi connectivity index (χ3n) is 5.07. The molecule has 4 nitrogen and oxygen atoms in total. The smallest absolute Gasteiger partial charge is 0.141 e. The summed E-state index contributed by atoms with van der Waals surface area (Å²) >= 11 is 3.54. The van der Waals surface area contributed by atoms with Crippen LogP contribution in [0.25, 0.3) is 10.9 Å². The molecule has 5 heteroatoms. The van der Waals surface area contributed by atoms with Gasteiger partial charge in [-0.15, -0.1) is 0 Å². The van der Waals surface area contributed by atoms with E-state index < -0.39 is 0 Å². The van der Waals surface area contributed by atoms with Crippen molar-refractivity contribution in [3.63, 3.8) is 0 Å². The SMILES string of the molecule is COc1cc2c(cc1N[O-])Cc1c([nH]c3cc(Br)ccc13)C2(C)C. The van der Waals surface area contributed by atoms with Crippen molar-refractivity contribution >= 4 is 32.5 Å². The van der Waals surface area contributed by atoms with E-state index in [1.807, 2.05) is 17.6 Å². The lowest BCUT2D eigenvalue weighted by Crippen LogP contribution is -2.27. The van der Waals surface area contributed by atoms with Gasteiger partial charge in [0.25, 0.3) is 0 Å². The summed E-state index contributed by atoms with van der Waals surface area (Å²) < 4.78 is 6.44. The van der Waals surface area contributed by atoms with Crippen molar-refractivity contribution in [3.8, 4) is 5.75 Å². The summed E-state index contributed by atoms with van der Waals surface area (Å²) in [4.78, 5) is 3.61. The van der Waals surface area contributed by atoms with Crippen LogP contribution in [0.5, 0.6) is 5.75 Å². The van der Waals surface area contributed by atoms with Gasteiger partial charge in [0.2, 0.25) is 0 Å². The van der Waals surface area contributed by atoms with Gasteiger partial charge in [0, 0.05) is 32.9 Å². The van der Waals surface area contributed by atoms with Crippen LogP contribution >= 0.6 is 15.9 Å². The molecule has 1 aliphatic rings. The fourth-order valence-corrected chi connectivity index (χ4v) is 4.23. The molecule has 0 unspecified atom stereocenters. The first-order valence-corrected chi connectivity index (χ1v) is 8.65. The van der Waals surface area contributed by atoms with Crippen LogP contribution in [0, 0.1) is 5.21 Å². The second-order valence-electron chi connectivity index (χ2n) is 6.78. The Morgan fingerprint density at radius 2 is 2.04 bits per heavy atom. The van der Waals surface area contributed by atoms with Crippen LogP contribution in [0.2, 0.25) is 0 Å². The Hall–Kier alpha value is -1.98. The zero-order valence-electron chi connectivity index (χ0n) is 13.8. The fraction of sp³-hybridized carbons (Fsp3) is 0.263. The summed E-state index contributed by atoms with van der Waals surface area (Å²) in [5, 5.41) is 12.5. The molecule has 1 aliphatic carbocycles. The van der Waals surface area contributed by atoms with Gasteiger partial charge in [-0.3, -0.25) is 0 Å². The number of aromatic nitrogens is 1. The minimum absolute atomic E-state index is 0.191.